The second kappa shape index (κ2) is 7.14. The van der Waals surface area contributed by atoms with Crippen molar-refractivity contribution in [3.05, 3.63) is 66.4 Å². The van der Waals surface area contributed by atoms with Crippen LogP contribution < -0.4 is 14.8 Å². The van der Waals surface area contributed by atoms with Crippen LogP contribution in [0.5, 0.6) is 11.5 Å². The Balaban J connectivity index is 1.97. The quantitative estimate of drug-likeness (QED) is 0.651. The van der Waals surface area contributed by atoms with Crippen LogP contribution in [0.3, 0.4) is 0 Å². The molecule has 4 heteroatoms. The van der Waals surface area contributed by atoms with Crippen molar-refractivity contribution in [2.45, 2.75) is 0 Å². The predicted octanol–water partition coefficient (Wildman–Crippen LogP) is 3.51. The number of hydrogen-bond acceptors (Lipinski definition) is 4. The highest BCUT2D eigenvalue weighted by molar-refractivity contribution is 6.04. The molecule has 0 aliphatic rings. The van der Waals surface area contributed by atoms with Crippen LogP contribution in [0.15, 0.2) is 60.8 Å². The van der Waals surface area contributed by atoms with Crippen molar-refractivity contribution in [3.8, 4) is 11.5 Å². The summed E-state index contributed by atoms with van der Waals surface area (Å²) in [5, 5.41) is 3.04. The lowest BCUT2D eigenvalue weighted by Gasteiger charge is -2.03. The molecule has 2 rings (SSSR count). The van der Waals surface area contributed by atoms with E-state index in [2.05, 4.69) is 5.32 Å². The number of benzene rings is 2. The molecule has 0 spiro atoms. The van der Waals surface area contributed by atoms with Crippen LogP contribution in [0.4, 0.5) is 5.69 Å². The Morgan fingerprint density at radius 1 is 1.00 bits per heavy atom. The number of ether oxygens (including phenoxy) is 2. The third-order valence-corrected chi connectivity index (χ3v) is 2.93. The van der Waals surface area contributed by atoms with Crippen LogP contribution in [0.25, 0.3) is 0 Å². The van der Waals surface area contributed by atoms with Gasteiger partial charge in [0, 0.05) is 29.6 Å². The molecule has 0 fully saturated rings. The summed E-state index contributed by atoms with van der Waals surface area (Å²) in [6.45, 7) is 0. The van der Waals surface area contributed by atoms with Gasteiger partial charge < -0.3 is 14.8 Å². The molecule has 0 aliphatic carbocycles. The first-order valence-electron chi connectivity index (χ1n) is 6.48. The van der Waals surface area contributed by atoms with E-state index in [0.717, 1.165) is 17.2 Å². The molecule has 21 heavy (non-hydrogen) atoms. The molecule has 0 saturated carbocycles. The maximum Gasteiger partial charge on any atom is 0.187 e. The topological polar surface area (TPSA) is 47.6 Å². The van der Waals surface area contributed by atoms with Crippen molar-refractivity contribution in [1.29, 1.82) is 0 Å². The fraction of sp³-hybridized carbons (Fsp3) is 0.118. The van der Waals surface area contributed by atoms with Gasteiger partial charge in [-0.1, -0.05) is 6.07 Å². The maximum atomic E-state index is 12.0. The van der Waals surface area contributed by atoms with E-state index < -0.39 is 0 Å². The Bertz CT molecular complexity index is 633. The Kier molecular flexibility index (Phi) is 4.99. The van der Waals surface area contributed by atoms with Crippen molar-refractivity contribution in [1.82, 2.24) is 0 Å². The molecule has 0 heterocycles. The zero-order valence-electron chi connectivity index (χ0n) is 12.0. The standard InChI is InChI=1S/C17H17NO3/c1-20-15-8-6-13(7-9-15)17(19)10-11-18-14-4-3-5-16(12-14)21-2/h3-12,18H,1-2H3. The Hall–Kier alpha value is -2.75. The fourth-order valence-electron chi connectivity index (χ4n) is 1.78. The van der Waals surface area contributed by atoms with Gasteiger partial charge in [0.05, 0.1) is 14.2 Å². The summed E-state index contributed by atoms with van der Waals surface area (Å²) < 4.78 is 10.2. The second-order valence-electron chi connectivity index (χ2n) is 4.30. The van der Waals surface area contributed by atoms with E-state index in [1.54, 1.807) is 44.7 Å². The molecule has 0 aliphatic heterocycles. The van der Waals surface area contributed by atoms with Gasteiger partial charge >= 0.3 is 0 Å². The van der Waals surface area contributed by atoms with E-state index in [0.29, 0.717) is 5.56 Å². The molecule has 108 valence electrons. The van der Waals surface area contributed by atoms with E-state index in [4.69, 9.17) is 9.47 Å². The molecular weight excluding hydrogens is 266 g/mol. The van der Waals surface area contributed by atoms with E-state index >= 15 is 0 Å². The van der Waals surface area contributed by atoms with Gasteiger partial charge in [0.1, 0.15) is 11.5 Å². The fourth-order valence-corrected chi connectivity index (χ4v) is 1.78. The smallest absolute Gasteiger partial charge is 0.187 e. The molecule has 0 bridgehead atoms. The number of rotatable bonds is 6. The van der Waals surface area contributed by atoms with E-state index in [1.165, 1.54) is 6.08 Å². The average molecular weight is 283 g/mol. The number of allylic oxidation sites excluding steroid dienone is 1. The predicted molar refractivity (Wildman–Crippen MR) is 83.1 cm³/mol. The van der Waals surface area contributed by atoms with Gasteiger partial charge in [-0.2, -0.15) is 0 Å². The number of hydrogen-bond donors (Lipinski definition) is 1. The normalized spacial score (nSPS) is 10.4. The Morgan fingerprint density at radius 3 is 2.38 bits per heavy atom. The monoisotopic (exact) mass is 283 g/mol. The van der Waals surface area contributed by atoms with Crippen LogP contribution in [0, 0.1) is 0 Å². The number of carbonyl (C=O) groups is 1. The number of nitrogens with one attached hydrogen (secondary N) is 1. The minimum atomic E-state index is -0.0759. The summed E-state index contributed by atoms with van der Waals surface area (Å²) in [6, 6.07) is 14.5. The third-order valence-electron chi connectivity index (χ3n) is 2.93. The summed E-state index contributed by atoms with van der Waals surface area (Å²) >= 11 is 0. The van der Waals surface area contributed by atoms with Crippen LogP contribution >= 0.6 is 0 Å². The second-order valence-corrected chi connectivity index (χ2v) is 4.30. The zero-order valence-corrected chi connectivity index (χ0v) is 12.0. The van der Waals surface area contributed by atoms with Crippen LogP contribution in [0.1, 0.15) is 10.4 Å². The lowest BCUT2D eigenvalue weighted by atomic mass is 10.1. The van der Waals surface area contributed by atoms with E-state index in [9.17, 15) is 4.79 Å². The van der Waals surface area contributed by atoms with Gasteiger partial charge in [-0.05, 0) is 36.4 Å². The van der Waals surface area contributed by atoms with Crippen LogP contribution in [-0.4, -0.2) is 20.0 Å². The molecule has 4 nitrogen and oxygen atoms in total. The SMILES string of the molecule is COc1ccc(C(=O)C=CNc2cccc(OC)c2)cc1. The summed E-state index contributed by atoms with van der Waals surface area (Å²) in [4.78, 5) is 12.0. The molecule has 0 saturated heterocycles. The Labute approximate surface area is 124 Å². The molecule has 1 N–H and O–H groups in total. The summed E-state index contributed by atoms with van der Waals surface area (Å²) in [6.07, 6.45) is 3.10. The minimum Gasteiger partial charge on any atom is -0.497 e. The first-order chi connectivity index (χ1) is 10.2. The highest BCUT2D eigenvalue weighted by Crippen LogP contribution is 2.16. The molecule has 0 aromatic heterocycles. The van der Waals surface area contributed by atoms with Crippen molar-refractivity contribution in [2.24, 2.45) is 0 Å². The zero-order chi connectivity index (χ0) is 15.1. The summed E-state index contributed by atoms with van der Waals surface area (Å²) in [5.74, 6) is 1.41. The highest BCUT2D eigenvalue weighted by atomic mass is 16.5. The van der Waals surface area contributed by atoms with E-state index in [-0.39, 0.29) is 5.78 Å². The minimum absolute atomic E-state index is 0.0759. The van der Waals surface area contributed by atoms with Crippen molar-refractivity contribution < 1.29 is 14.3 Å². The number of carbonyl (C=O) groups excluding carboxylic acids is 1. The van der Waals surface area contributed by atoms with Crippen LogP contribution in [-0.2, 0) is 0 Å². The maximum absolute atomic E-state index is 12.0. The van der Waals surface area contributed by atoms with Crippen LogP contribution in [0.2, 0.25) is 0 Å². The van der Waals surface area contributed by atoms with E-state index in [1.807, 2.05) is 24.3 Å². The largest absolute Gasteiger partial charge is 0.497 e. The van der Waals surface area contributed by atoms with Crippen molar-refractivity contribution >= 4 is 11.5 Å². The van der Waals surface area contributed by atoms with Gasteiger partial charge in [-0.15, -0.1) is 0 Å². The Morgan fingerprint density at radius 2 is 1.71 bits per heavy atom. The molecule has 2 aromatic carbocycles. The van der Waals surface area contributed by atoms with Gasteiger partial charge in [-0.25, -0.2) is 0 Å². The van der Waals surface area contributed by atoms with Gasteiger partial charge in [-0.3, -0.25) is 4.79 Å². The molecule has 0 atom stereocenters. The first kappa shape index (κ1) is 14.7. The summed E-state index contributed by atoms with van der Waals surface area (Å²) in [5.41, 5.74) is 1.47. The lowest BCUT2D eigenvalue weighted by molar-refractivity contribution is 0.104. The highest BCUT2D eigenvalue weighted by Gasteiger charge is 2.01. The molecule has 0 unspecified atom stereocenters. The average Bonchev–Trinajstić information content (AvgIpc) is 2.55. The number of ketones is 1. The van der Waals surface area contributed by atoms with Gasteiger partial charge in [0.2, 0.25) is 0 Å². The van der Waals surface area contributed by atoms with Gasteiger partial charge in [0.15, 0.2) is 5.78 Å². The van der Waals surface area contributed by atoms with Gasteiger partial charge in [0.25, 0.3) is 0 Å². The lowest BCUT2D eigenvalue weighted by Crippen LogP contribution is -1.96. The third kappa shape index (κ3) is 4.11. The molecule has 2 aromatic rings. The van der Waals surface area contributed by atoms with Crippen molar-refractivity contribution in [3.63, 3.8) is 0 Å². The molecule has 0 radical (unpaired) electrons. The first-order valence-corrected chi connectivity index (χ1v) is 6.48. The molecule has 0 amide bonds. The number of methoxy groups -OCH3 is 2. The van der Waals surface area contributed by atoms with Crippen molar-refractivity contribution in [2.75, 3.05) is 19.5 Å². The number of anilines is 1. The molecular formula is C17H17NO3. The summed E-state index contributed by atoms with van der Waals surface area (Å²) in [7, 11) is 3.21.